The average Bonchev–Trinajstić information content (AvgIpc) is 3.23. The molecule has 166 valence electrons. The molecule has 0 amide bonds. The predicted molar refractivity (Wildman–Crippen MR) is 117 cm³/mol. The number of carbonyl (C=O) groups excluding carboxylic acids is 1. The summed E-state index contributed by atoms with van der Waals surface area (Å²) in [7, 11) is 3.42. The molecule has 1 saturated carbocycles. The van der Waals surface area contributed by atoms with Crippen molar-refractivity contribution in [1.29, 1.82) is 0 Å². The van der Waals surface area contributed by atoms with Crippen molar-refractivity contribution < 1.29 is 23.7 Å². The summed E-state index contributed by atoms with van der Waals surface area (Å²) in [6.45, 7) is 6.48. The minimum atomic E-state index is -0.596. The second kappa shape index (κ2) is 10.2. The molecule has 5 atom stereocenters. The summed E-state index contributed by atoms with van der Waals surface area (Å²) in [5, 5.41) is 0. The fourth-order valence-corrected chi connectivity index (χ4v) is 4.84. The van der Waals surface area contributed by atoms with E-state index in [1.165, 1.54) is 19.3 Å². The van der Waals surface area contributed by atoms with Crippen LogP contribution in [0, 0.1) is 11.8 Å². The van der Waals surface area contributed by atoms with Gasteiger partial charge in [0.25, 0.3) is 0 Å². The van der Waals surface area contributed by atoms with E-state index < -0.39 is 6.16 Å². The van der Waals surface area contributed by atoms with Crippen LogP contribution in [0.5, 0.6) is 5.75 Å². The Bertz CT molecular complexity index is 749. The molecule has 30 heavy (non-hydrogen) atoms. The minimum Gasteiger partial charge on any atom is -0.497 e. The average molecular weight is 418 g/mol. The highest BCUT2D eigenvalue weighted by Gasteiger charge is 2.54. The predicted octanol–water partition coefficient (Wildman–Crippen LogP) is 4.90. The quantitative estimate of drug-likeness (QED) is 0.239. The molecular weight excluding hydrogens is 382 g/mol. The zero-order valence-corrected chi connectivity index (χ0v) is 18.4. The first-order chi connectivity index (χ1) is 14.5. The molecule has 2 N–H and O–H groups in total. The molecule has 1 aliphatic carbocycles. The highest BCUT2D eigenvalue weighted by Crippen LogP contribution is 2.47. The number of benzene rings is 1. The molecular formula is C24H35NO5. The Kier molecular flexibility index (Phi) is 7.64. The van der Waals surface area contributed by atoms with Gasteiger partial charge >= 0.3 is 6.16 Å². The van der Waals surface area contributed by atoms with Gasteiger partial charge < -0.3 is 24.7 Å². The number of ether oxygens (including phenoxy) is 4. The molecule has 2 fully saturated rings. The Morgan fingerprint density at radius 3 is 2.70 bits per heavy atom. The third-order valence-electron chi connectivity index (χ3n) is 6.61. The number of nitrogens with two attached hydrogens (primary N) is 1. The maximum Gasteiger partial charge on any atom is 0.509 e. The van der Waals surface area contributed by atoms with Crippen molar-refractivity contribution >= 4 is 11.8 Å². The summed E-state index contributed by atoms with van der Waals surface area (Å²) in [6, 6.07) is 5.70. The molecule has 0 spiro atoms. The van der Waals surface area contributed by atoms with Crippen molar-refractivity contribution in [2.45, 2.75) is 70.2 Å². The van der Waals surface area contributed by atoms with Crippen LogP contribution < -0.4 is 10.5 Å². The second-order valence-electron chi connectivity index (χ2n) is 8.42. The maximum atomic E-state index is 11.8. The van der Waals surface area contributed by atoms with E-state index in [2.05, 4.69) is 13.5 Å². The SMILES string of the molecule is C=C1[C@H]2OC(=O)O[C@H]2[C@H](CC[C@H](CCCCC)OC)[C@H]1Cc1cc(OC)ccc1N. The first-order valence-electron chi connectivity index (χ1n) is 11.0. The van der Waals surface area contributed by atoms with Crippen molar-refractivity contribution in [3.8, 4) is 5.75 Å². The van der Waals surface area contributed by atoms with Crippen LogP contribution in [-0.4, -0.2) is 38.7 Å². The van der Waals surface area contributed by atoms with Crippen LogP contribution in [0.1, 0.15) is 51.0 Å². The number of fused-ring (bicyclic) bond motifs is 1. The van der Waals surface area contributed by atoms with E-state index in [0.717, 1.165) is 41.8 Å². The van der Waals surface area contributed by atoms with Gasteiger partial charge in [-0.2, -0.15) is 0 Å². The number of hydrogen-bond donors (Lipinski definition) is 1. The highest BCUT2D eigenvalue weighted by molar-refractivity contribution is 5.64. The summed E-state index contributed by atoms with van der Waals surface area (Å²) in [4.78, 5) is 11.8. The van der Waals surface area contributed by atoms with Gasteiger partial charge in [-0.1, -0.05) is 32.8 Å². The lowest BCUT2D eigenvalue weighted by atomic mass is 9.83. The van der Waals surface area contributed by atoms with Crippen LogP contribution in [0.15, 0.2) is 30.4 Å². The lowest BCUT2D eigenvalue weighted by Crippen LogP contribution is -2.26. The van der Waals surface area contributed by atoms with Gasteiger partial charge in [0.1, 0.15) is 11.9 Å². The van der Waals surface area contributed by atoms with Crippen molar-refractivity contribution in [2.75, 3.05) is 20.0 Å². The minimum absolute atomic E-state index is 0.121. The fraction of sp³-hybridized carbons (Fsp3) is 0.625. The van der Waals surface area contributed by atoms with Crippen LogP contribution in [0.25, 0.3) is 0 Å². The third kappa shape index (κ3) is 4.91. The molecule has 0 unspecified atom stereocenters. The lowest BCUT2D eigenvalue weighted by Gasteiger charge is -2.25. The molecule has 3 rings (SSSR count). The number of rotatable bonds is 11. The number of unbranched alkanes of at least 4 members (excludes halogenated alkanes) is 2. The van der Waals surface area contributed by atoms with Gasteiger partial charge in [-0.15, -0.1) is 0 Å². The lowest BCUT2D eigenvalue weighted by molar-refractivity contribution is 0.0583. The van der Waals surface area contributed by atoms with Crippen molar-refractivity contribution in [2.24, 2.45) is 11.8 Å². The fourth-order valence-electron chi connectivity index (χ4n) is 4.84. The Hall–Kier alpha value is -2.21. The van der Waals surface area contributed by atoms with Crippen molar-refractivity contribution in [3.05, 3.63) is 35.9 Å². The van der Waals surface area contributed by atoms with Crippen LogP contribution >= 0.6 is 0 Å². The summed E-state index contributed by atoms with van der Waals surface area (Å²) in [6.07, 6.45) is 6.11. The highest BCUT2D eigenvalue weighted by atomic mass is 16.8. The van der Waals surface area contributed by atoms with E-state index in [1.54, 1.807) is 14.2 Å². The second-order valence-corrected chi connectivity index (χ2v) is 8.42. The number of anilines is 1. The zero-order chi connectivity index (χ0) is 21.7. The molecule has 0 bridgehead atoms. The van der Waals surface area contributed by atoms with Gasteiger partial charge in [0, 0.05) is 18.7 Å². The molecule has 0 aromatic heterocycles. The van der Waals surface area contributed by atoms with E-state index in [4.69, 9.17) is 24.7 Å². The van der Waals surface area contributed by atoms with Gasteiger partial charge in [-0.25, -0.2) is 4.79 Å². The smallest absolute Gasteiger partial charge is 0.497 e. The molecule has 6 nitrogen and oxygen atoms in total. The molecule has 1 saturated heterocycles. The Morgan fingerprint density at radius 1 is 1.20 bits per heavy atom. The monoisotopic (exact) mass is 417 g/mol. The Labute approximate surface area is 179 Å². The number of carbonyl (C=O) groups is 1. The zero-order valence-electron chi connectivity index (χ0n) is 18.4. The van der Waals surface area contributed by atoms with E-state index >= 15 is 0 Å². The van der Waals surface area contributed by atoms with Crippen LogP contribution in [0.3, 0.4) is 0 Å². The summed E-state index contributed by atoms with van der Waals surface area (Å²) < 4.78 is 22.1. The maximum absolute atomic E-state index is 11.8. The van der Waals surface area contributed by atoms with E-state index in [0.29, 0.717) is 6.42 Å². The number of hydrogen-bond acceptors (Lipinski definition) is 6. The first kappa shape index (κ1) is 22.5. The standard InChI is InChI=1S/C24H35NO5/c1-5-6-7-8-17(27-3)9-11-19-20(15(2)22-23(19)30-24(26)29-22)14-16-13-18(28-4)10-12-21(16)25/h10,12-13,17,19-20,22-23H,2,5-9,11,14,25H2,1,3-4H3/t17-,19+,20-,22+,23-/m0/s1. The topological polar surface area (TPSA) is 80.0 Å². The van der Waals surface area contributed by atoms with Crippen molar-refractivity contribution in [3.63, 3.8) is 0 Å². The van der Waals surface area contributed by atoms with E-state index in [1.807, 2.05) is 18.2 Å². The largest absolute Gasteiger partial charge is 0.509 e. The van der Waals surface area contributed by atoms with Crippen LogP contribution in [0.2, 0.25) is 0 Å². The molecule has 0 radical (unpaired) electrons. The number of methoxy groups -OCH3 is 2. The molecule has 6 heteroatoms. The molecule has 1 aliphatic heterocycles. The molecule has 1 heterocycles. The third-order valence-corrected chi connectivity index (χ3v) is 6.61. The van der Waals surface area contributed by atoms with Gasteiger partial charge in [0.05, 0.1) is 13.2 Å². The van der Waals surface area contributed by atoms with E-state index in [9.17, 15) is 4.79 Å². The van der Waals surface area contributed by atoms with Gasteiger partial charge in [-0.3, -0.25) is 0 Å². The van der Waals surface area contributed by atoms with Gasteiger partial charge in [0.2, 0.25) is 0 Å². The summed E-state index contributed by atoms with van der Waals surface area (Å²) in [5.74, 6) is 1.02. The van der Waals surface area contributed by atoms with Crippen molar-refractivity contribution in [1.82, 2.24) is 0 Å². The molecule has 1 aromatic rings. The van der Waals surface area contributed by atoms with E-state index in [-0.39, 0.29) is 30.1 Å². The van der Waals surface area contributed by atoms with Gasteiger partial charge in [0.15, 0.2) is 6.10 Å². The molecule has 1 aromatic carbocycles. The van der Waals surface area contributed by atoms with Crippen LogP contribution in [0.4, 0.5) is 10.5 Å². The normalized spacial score (nSPS) is 26.2. The summed E-state index contributed by atoms with van der Waals surface area (Å²) >= 11 is 0. The van der Waals surface area contributed by atoms with Gasteiger partial charge in [-0.05, 0) is 60.9 Å². The van der Waals surface area contributed by atoms with Crippen LogP contribution in [-0.2, 0) is 20.6 Å². The Morgan fingerprint density at radius 2 is 2.00 bits per heavy atom. The molecule has 2 aliphatic rings. The Balaban J connectivity index is 1.75. The summed E-state index contributed by atoms with van der Waals surface area (Å²) in [5.41, 5.74) is 8.90. The number of nitrogen functional groups attached to an aromatic ring is 1. The first-order valence-corrected chi connectivity index (χ1v) is 11.0.